The number of carbonyl (C=O) groups excluding carboxylic acids is 2. The molecule has 1 heterocycles. The molecule has 4 rings (SSSR count). The maximum absolute atomic E-state index is 13.1. The number of nitrogens with one attached hydrogen (secondary N) is 2. The molecule has 0 aromatic heterocycles. The molecule has 1 saturated heterocycles. The largest absolute Gasteiger partial charge is 0.352 e. The third kappa shape index (κ3) is 6.68. The molecular weight excluding hydrogens is 424 g/mol. The van der Waals surface area contributed by atoms with Crippen LogP contribution in [-0.4, -0.2) is 43.0 Å². The first-order valence-electron chi connectivity index (χ1n) is 11.9. The Labute approximate surface area is 201 Å². The Morgan fingerprint density at radius 2 is 1.41 bits per heavy atom. The summed E-state index contributed by atoms with van der Waals surface area (Å²) in [5.41, 5.74) is 2.75. The van der Waals surface area contributed by atoms with Gasteiger partial charge in [-0.25, -0.2) is 4.79 Å². The number of para-hydroxylation sites is 2. The van der Waals surface area contributed by atoms with Crippen LogP contribution in [0.15, 0.2) is 91.0 Å². The molecule has 6 nitrogen and oxygen atoms in total. The standard InChI is InChI=1S/C28H32N4O2/c33-27(29-22-23-10-4-1-5-11-23)24-16-18-31(19-17-24)20-21-32(26-14-8-3-9-15-26)28(34)30-25-12-6-2-7-13-25/h1-15,24H,16-22H2,(H,29,33)(H,30,34). The van der Waals surface area contributed by atoms with Gasteiger partial charge in [-0.3, -0.25) is 9.69 Å². The van der Waals surface area contributed by atoms with Crippen LogP contribution in [-0.2, 0) is 11.3 Å². The Hall–Kier alpha value is -3.64. The second kappa shape index (κ2) is 12.0. The fourth-order valence-corrected chi connectivity index (χ4v) is 4.26. The SMILES string of the molecule is O=C(NCc1ccccc1)C1CCN(CCN(C(=O)Nc2ccccc2)c2ccccc2)CC1. The molecule has 0 saturated carbocycles. The van der Waals surface area contributed by atoms with E-state index in [0.717, 1.165) is 49.4 Å². The van der Waals surface area contributed by atoms with Gasteiger partial charge in [0.25, 0.3) is 0 Å². The zero-order valence-corrected chi connectivity index (χ0v) is 19.4. The van der Waals surface area contributed by atoms with Gasteiger partial charge >= 0.3 is 6.03 Å². The number of hydrogen-bond donors (Lipinski definition) is 2. The van der Waals surface area contributed by atoms with Gasteiger partial charge in [0.15, 0.2) is 0 Å². The minimum atomic E-state index is -0.146. The van der Waals surface area contributed by atoms with Crippen molar-refractivity contribution in [2.45, 2.75) is 19.4 Å². The highest BCUT2D eigenvalue weighted by molar-refractivity contribution is 6.01. The van der Waals surface area contributed by atoms with Crippen molar-refractivity contribution in [2.24, 2.45) is 5.92 Å². The molecule has 176 valence electrons. The lowest BCUT2D eigenvalue weighted by molar-refractivity contribution is -0.126. The molecule has 3 amide bonds. The van der Waals surface area contributed by atoms with Gasteiger partial charge in [-0.15, -0.1) is 0 Å². The predicted molar refractivity (Wildman–Crippen MR) is 137 cm³/mol. The van der Waals surface area contributed by atoms with Crippen LogP contribution >= 0.6 is 0 Å². The number of hydrogen-bond acceptors (Lipinski definition) is 3. The van der Waals surface area contributed by atoms with Crippen molar-refractivity contribution in [3.05, 3.63) is 96.6 Å². The van der Waals surface area contributed by atoms with E-state index in [9.17, 15) is 9.59 Å². The number of carbonyl (C=O) groups is 2. The van der Waals surface area contributed by atoms with E-state index in [2.05, 4.69) is 15.5 Å². The minimum Gasteiger partial charge on any atom is -0.352 e. The van der Waals surface area contributed by atoms with Crippen LogP contribution in [0.3, 0.4) is 0 Å². The number of piperidine rings is 1. The second-order valence-corrected chi connectivity index (χ2v) is 8.60. The number of rotatable bonds is 8. The molecule has 0 unspecified atom stereocenters. The fraction of sp³-hybridized carbons (Fsp3) is 0.286. The van der Waals surface area contributed by atoms with Crippen molar-refractivity contribution in [3.8, 4) is 0 Å². The van der Waals surface area contributed by atoms with Crippen molar-refractivity contribution in [3.63, 3.8) is 0 Å². The van der Waals surface area contributed by atoms with Crippen LogP contribution in [0.5, 0.6) is 0 Å². The van der Waals surface area contributed by atoms with Gasteiger partial charge in [-0.2, -0.15) is 0 Å². The fourth-order valence-electron chi connectivity index (χ4n) is 4.26. The molecule has 3 aromatic rings. The molecular formula is C28H32N4O2. The first-order valence-corrected chi connectivity index (χ1v) is 11.9. The van der Waals surface area contributed by atoms with Crippen molar-refractivity contribution >= 4 is 23.3 Å². The number of benzene rings is 3. The summed E-state index contributed by atoms with van der Waals surface area (Å²) in [6.07, 6.45) is 1.67. The quantitative estimate of drug-likeness (QED) is 0.514. The van der Waals surface area contributed by atoms with E-state index in [1.54, 1.807) is 4.90 Å². The summed E-state index contributed by atoms with van der Waals surface area (Å²) < 4.78 is 0. The molecule has 0 aliphatic carbocycles. The van der Waals surface area contributed by atoms with Crippen molar-refractivity contribution in [1.29, 1.82) is 0 Å². The molecule has 2 N–H and O–H groups in total. The number of urea groups is 1. The van der Waals surface area contributed by atoms with Crippen LogP contribution in [0.1, 0.15) is 18.4 Å². The number of likely N-dealkylation sites (tertiary alicyclic amines) is 1. The van der Waals surface area contributed by atoms with E-state index >= 15 is 0 Å². The lowest BCUT2D eigenvalue weighted by Crippen LogP contribution is -2.45. The monoisotopic (exact) mass is 456 g/mol. The van der Waals surface area contributed by atoms with Gasteiger partial charge < -0.3 is 15.5 Å². The second-order valence-electron chi connectivity index (χ2n) is 8.60. The first kappa shape index (κ1) is 23.5. The van der Waals surface area contributed by atoms with Crippen LogP contribution in [0.2, 0.25) is 0 Å². The van der Waals surface area contributed by atoms with Crippen LogP contribution in [0.4, 0.5) is 16.2 Å². The summed E-state index contributed by atoms with van der Waals surface area (Å²) in [6.45, 7) is 3.62. The molecule has 0 spiro atoms. The minimum absolute atomic E-state index is 0.0477. The average molecular weight is 457 g/mol. The van der Waals surface area contributed by atoms with Crippen LogP contribution in [0, 0.1) is 5.92 Å². The van der Waals surface area contributed by atoms with Gasteiger partial charge in [0.05, 0.1) is 0 Å². The summed E-state index contributed by atoms with van der Waals surface area (Å²) in [7, 11) is 0. The predicted octanol–water partition coefficient (Wildman–Crippen LogP) is 4.75. The van der Waals surface area contributed by atoms with E-state index < -0.39 is 0 Å². The molecule has 1 fully saturated rings. The highest BCUT2D eigenvalue weighted by atomic mass is 16.2. The Balaban J connectivity index is 1.27. The third-order valence-corrected chi connectivity index (χ3v) is 6.25. The van der Waals surface area contributed by atoms with Gasteiger partial charge in [-0.05, 0) is 55.8 Å². The number of amides is 3. The Morgan fingerprint density at radius 1 is 0.824 bits per heavy atom. The van der Waals surface area contributed by atoms with Crippen molar-refractivity contribution in [1.82, 2.24) is 10.2 Å². The van der Waals surface area contributed by atoms with Crippen molar-refractivity contribution < 1.29 is 9.59 Å². The molecule has 3 aromatic carbocycles. The normalized spacial score (nSPS) is 14.4. The zero-order chi connectivity index (χ0) is 23.6. The van der Waals surface area contributed by atoms with Gasteiger partial charge in [-0.1, -0.05) is 66.7 Å². The summed E-state index contributed by atoms with van der Waals surface area (Å²) in [4.78, 5) is 29.8. The van der Waals surface area contributed by atoms with E-state index in [4.69, 9.17) is 0 Å². The van der Waals surface area contributed by atoms with Gasteiger partial charge in [0, 0.05) is 36.9 Å². The van der Waals surface area contributed by atoms with E-state index in [0.29, 0.717) is 13.1 Å². The van der Waals surface area contributed by atoms with Gasteiger partial charge in [0.2, 0.25) is 5.91 Å². The highest BCUT2D eigenvalue weighted by Gasteiger charge is 2.25. The summed E-state index contributed by atoms with van der Waals surface area (Å²) in [5, 5.41) is 6.07. The van der Waals surface area contributed by atoms with E-state index in [1.807, 2.05) is 91.0 Å². The number of anilines is 2. The van der Waals surface area contributed by atoms with Crippen LogP contribution in [0.25, 0.3) is 0 Å². The summed E-state index contributed by atoms with van der Waals surface area (Å²) >= 11 is 0. The smallest absolute Gasteiger partial charge is 0.326 e. The third-order valence-electron chi connectivity index (χ3n) is 6.25. The highest BCUT2D eigenvalue weighted by Crippen LogP contribution is 2.19. The zero-order valence-electron chi connectivity index (χ0n) is 19.4. The lowest BCUT2D eigenvalue weighted by atomic mass is 9.96. The molecule has 1 aliphatic rings. The van der Waals surface area contributed by atoms with E-state index in [-0.39, 0.29) is 17.9 Å². The molecule has 1 aliphatic heterocycles. The Kier molecular flexibility index (Phi) is 8.30. The molecule has 6 heteroatoms. The summed E-state index contributed by atoms with van der Waals surface area (Å²) in [6, 6.07) is 29.1. The maximum Gasteiger partial charge on any atom is 0.326 e. The van der Waals surface area contributed by atoms with Crippen LogP contribution < -0.4 is 15.5 Å². The molecule has 0 bridgehead atoms. The topological polar surface area (TPSA) is 64.7 Å². The lowest BCUT2D eigenvalue weighted by Gasteiger charge is -2.33. The molecule has 34 heavy (non-hydrogen) atoms. The maximum atomic E-state index is 13.1. The molecule has 0 radical (unpaired) electrons. The first-order chi connectivity index (χ1) is 16.7. The average Bonchev–Trinajstić information content (AvgIpc) is 2.89. The Morgan fingerprint density at radius 3 is 2.06 bits per heavy atom. The Bertz CT molecular complexity index is 1040. The van der Waals surface area contributed by atoms with Gasteiger partial charge in [0.1, 0.15) is 0 Å². The van der Waals surface area contributed by atoms with E-state index in [1.165, 1.54) is 0 Å². The molecule has 0 atom stereocenters. The summed E-state index contributed by atoms with van der Waals surface area (Å²) in [5.74, 6) is 0.184. The van der Waals surface area contributed by atoms with Crippen molar-refractivity contribution in [2.75, 3.05) is 36.4 Å². The number of nitrogens with zero attached hydrogens (tertiary/aromatic N) is 2.